The van der Waals surface area contributed by atoms with Gasteiger partial charge in [-0.1, -0.05) is 40.0 Å². The van der Waals surface area contributed by atoms with Crippen LogP contribution in [0.15, 0.2) is 0 Å². The molecule has 27 heavy (non-hydrogen) atoms. The van der Waals surface area contributed by atoms with Crippen LogP contribution in [0.4, 0.5) is 0 Å². The van der Waals surface area contributed by atoms with Crippen molar-refractivity contribution in [2.75, 3.05) is 13.7 Å². The van der Waals surface area contributed by atoms with E-state index in [1.807, 2.05) is 11.8 Å². The molecule has 5 unspecified atom stereocenters. The van der Waals surface area contributed by atoms with Crippen molar-refractivity contribution in [1.82, 2.24) is 21.1 Å². The lowest BCUT2D eigenvalue weighted by atomic mass is 9.75. The Morgan fingerprint density at radius 1 is 1.07 bits per heavy atom. The zero-order valence-electron chi connectivity index (χ0n) is 17.7. The van der Waals surface area contributed by atoms with Gasteiger partial charge in [-0.05, 0) is 56.9 Å². The molecule has 2 saturated carbocycles. The molecule has 3 fully saturated rings. The van der Waals surface area contributed by atoms with Crippen LogP contribution in [0.2, 0.25) is 0 Å². The van der Waals surface area contributed by atoms with Crippen LogP contribution < -0.4 is 16.2 Å². The van der Waals surface area contributed by atoms with Gasteiger partial charge in [0.05, 0.1) is 6.67 Å². The van der Waals surface area contributed by atoms with Crippen LogP contribution in [-0.4, -0.2) is 41.3 Å². The first kappa shape index (κ1) is 21.4. The van der Waals surface area contributed by atoms with Crippen LogP contribution in [0, 0.1) is 23.7 Å². The fourth-order valence-electron chi connectivity index (χ4n) is 5.08. The fourth-order valence-corrected chi connectivity index (χ4v) is 6.39. The molecule has 0 radical (unpaired) electrons. The van der Waals surface area contributed by atoms with Crippen molar-refractivity contribution in [3.63, 3.8) is 0 Å². The van der Waals surface area contributed by atoms with E-state index in [1.54, 1.807) is 0 Å². The van der Waals surface area contributed by atoms with E-state index in [9.17, 15) is 4.79 Å². The summed E-state index contributed by atoms with van der Waals surface area (Å²) in [5, 5.41) is 4.05. The van der Waals surface area contributed by atoms with Gasteiger partial charge in [0.2, 0.25) is 5.91 Å². The third kappa shape index (κ3) is 5.84. The van der Waals surface area contributed by atoms with Crippen molar-refractivity contribution < 1.29 is 4.79 Å². The molecule has 1 aliphatic heterocycles. The monoisotopic (exact) mass is 396 g/mol. The van der Waals surface area contributed by atoms with Crippen LogP contribution in [0.3, 0.4) is 0 Å². The van der Waals surface area contributed by atoms with Gasteiger partial charge in [-0.3, -0.25) is 9.69 Å². The summed E-state index contributed by atoms with van der Waals surface area (Å²) < 4.78 is 0. The van der Waals surface area contributed by atoms with Crippen molar-refractivity contribution in [3.05, 3.63) is 0 Å². The molecule has 0 bridgehead atoms. The summed E-state index contributed by atoms with van der Waals surface area (Å²) in [6.45, 7) is 7.87. The van der Waals surface area contributed by atoms with Crippen LogP contribution in [0.5, 0.6) is 0 Å². The van der Waals surface area contributed by atoms with Crippen LogP contribution in [0.25, 0.3) is 0 Å². The van der Waals surface area contributed by atoms with Crippen molar-refractivity contribution >= 4 is 17.7 Å². The molecule has 5 nitrogen and oxygen atoms in total. The molecule has 1 heterocycles. The average Bonchev–Trinajstić information content (AvgIpc) is 3.06. The standard InChI is InChI=1S/C21H40N4OS/c1-14(2)16-7-5-9-18(11-16)20(26)23-19-10-6-8-17(12-19)15(3)27-21-24-22-13-25(21)4/h14-19,21-22,24H,5-13H2,1-4H3,(H,23,26)/t15-,16?,17?,18?,19?,21?/m0/s1. The minimum Gasteiger partial charge on any atom is -0.353 e. The number of carbonyl (C=O) groups is 1. The number of hydrogen-bond donors (Lipinski definition) is 3. The Labute approximate surface area is 170 Å². The summed E-state index contributed by atoms with van der Waals surface area (Å²) in [5.74, 6) is 2.72. The van der Waals surface area contributed by atoms with E-state index >= 15 is 0 Å². The van der Waals surface area contributed by atoms with Gasteiger partial charge in [-0.25, -0.2) is 10.9 Å². The Bertz CT molecular complexity index is 489. The maximum absolute atomic E-state index is 12.9. The first-order chi connectivity index (χ1) is 12.9. The third-order valence-corrected chi connectivity index (χ3v) is 8.60. The molecular weight excluding hydrogens is 356 g/mol. The SMILES string of the molecule is CC(C)C1CCCC(C(=O)NC2CCCC([C@H](C)SC3NNCN3C)C2)C1. The number of nitrogens with one attached hydrogen (secondary N) is 3. The molecule has 0 aromatic carbocycles. The highest BCUT2D eigenvalue weighted by atomic mass is 32.2. The topological polar surface area (TPSA) is 56.4 Å². The molecular formula is C21H40N4OS. The van der Waals surface area contributed by atoms with Crippen LogP contribution in [-0.2, 0) is 4.79 Å². The molecule has 3 N–H and O–H groups in total. The number of hydrogen-bond acceptors (Lipinski definition) is 5. The zero-order valence-corrected chi connectivity index (χ0v) is 18.5. The molecule has 6 heteroatoms. The highest BCUT2D eigenvalue weighted by molar-refractivity contribution is 8.00. The van der Waals surface area contributed by atoms with Crippen LogP contribution >= 0.6 is 11.8 Å². The minimum absolute atomic E-state index is 0.251. The van der Waals surface area contributed by atoms with E-state index in [1.165, 1.54) is 25.7 Å². The summed E-state index contributed by atoms with van der Waals surface area (Å²) in [5.41, 5.74) is 6.91. The normalized spacial score (nSPS) is 36.7. The second-order valence-electron chi connectivity index (χ2n) is 9.43. The maximum Gasteiger partial charge on any atom is 0.223 e. The van der Waals surface area contributed by atoms with E-state index < -0.39 is 0 Å². The third-order valence-electron chi connectivity index (χ3n) is 7.05. The molecule has 1 saturated heterocycles. The molecule has 1 amide bonds. The van der Waals surface area contributed by atoms with Crippen molar-refractivity contribution in [1.29, 1.82) is 0 Å². The summed E-state index contributed by atoms with van der Waals surface area (Å²) in [6.07, 6.45) is 9.54. The van der Waals surface area contributed by atoms with E-state index in [0.29, 0.717) is 34.5 Å². The largest absolute Gasteiger partial charge is 0.353 e. The minimum atomic E-state index is 0.251. The molecule has 3 aliphatic rings. The second-order valence-corrected chi connectivity index (χ2v) is 10.9. The summed E-state index contributed by atoms with van der Waals surface area (Å²) in [6, 6.07) is 0.381. The smallest absolute Gasteiger partial charge is 0.223 e. The lowest BCUT2D eigenvalue weighted by Gasteiger charge is -2.36. The maximum atomic E-state index is 12.9. The molecule has 3 rings (SSSR count). The second kappa shape index (κ2) is 9.95. The van der Waals surface area contributed by atoms with Gasteiger partial charge in [-0.15, -0.1) is 11.8 Å². The lowest BCUT2D eigenvalue weighted by Crippen LogP contribution is -2.44. The number of carbonyl (C=O) groups excluding carboxylic acids is 1. The van der Waals surface area contributed by atoms with Gasteiger partial charge in [0.1, 0.15) is 5.50 Å². The predicted octanol–water partition coefficient (Wildman–Crippen LogP) is 3.53. The van der Waals surface area contributed by atoms with E-state index in [2.05, 4.69) is 48.9 Å². The van der Waals surface area contributed by atoms with Gasteiger partial charge >= 0.3 is 0 Å². The predicted molar refractivity (Wildman–Crippen MR) is 114 cm³/mol. The van der Waals surface area contributed by atoms with Gasteiger partial charge in [-0.2, -0.15) is 0 Å². The Morgan fingerprint density at radius 2 is 1.81 bits per heavy atom. The molecule has 156 valence electrons. The van der Waals surface area contributed by atoms with Crippen molar-refractivity contribution in [2.24, 2.45) is 23.7 Å². The highest BCUT2D eigenvalue weighted by Gasteiger charge is 2.33. The summed E-state index contributed by atoms with van der Waals surface area (Å²) in [4.78, 5) is 15.2. The number of nitrogens with zero attached hydrogens (tertiary/aromatic N) is 1. The first-order valence-corrected chi connectivity index (χ1v) is 12.0. The van der Waals surface area contributed by atoms with E-state index in [4.69, 9.17) is 0 Å². The zero-order chi connectivity index (χ0) is 19.4. The first-order valence-electron chi connectivity index (χ1n) is 11.1. The average molecular weight is 397 g/mol. The van der Waals surface area contributed by atoms with E-state index in [-0.39, 0.29) is 5.92 Å². The van der Waals surface area contributed by atoms with Crippen molar-refractivity contribution in [3.8, 4) is 0 Å². The number of rotatable bonds is 6. The van der Waals surface area contributed by atoms with Gasteiger partial charge in [0.15, 0.2) is 0 Å². The highest BCUT2D eigenvalue weighted by Crippen LogP contribution is 2.36. The van der Waals surface area contributed by atoms with Gasteiger partial charge < -0.3 is 5.32 Å². The Morgan fingerprint density at radius 3 is 2.52 bits per heavy atom. The molecule has 0 spiro atoms. The van der Waals surface area contributed by atoms with Crippen LogP contribution in [0.1, 0.15) is 72.1 Å². The Kier molecular flexibility index (Phi) is 7.89. The summed E-state index contributed by atoms with van der Waals surface area (Å²) >= 11 is 2.01. The number of amides is 1. The number of thioether (sulfide) groups is 1. The van der Waals surface area contributed by atoms with Crippen molar-refractivity contribution in [2.45, 2.75) is 88.9 Å². The van der Waals surface area contributed by atoms with E-state index in [0.717, 1.165) is 38.3 Å². The fraction of sp³-hybridized carbons (Fsp3) is 0.952. The Hall–Kier alpha value is -0.300. The molecule has 0 aromatic rings. The Balaban J connectivity index is 1.46. The van der Waals surface area contributed by atoms with Gasteiger partial charge in [0.25, 0.3) is 0 Å². The molecule has 6 atom stereocenters. The van der Waals surface area contributed by atoms with Gasteiger partial charge in [0, 0.05) is 17.2 Å². The quantitative estimate of drug-likeness (QED) is 0.641. The number of hydrazine groups is 1. The molecule has 2 aliphatic carbocycles. The summed E-state index contributed by atoms with van der Waals surface area (Å²) in [7, 11) is 2.15. The molecule has 0 aromatic heterocycles. The lowest BCUT2D eigenvalue weighted by molar-refractivity contribution is -0.127.